The van der Waals surface area contributed by atoms with Crippen molar-refractivity contribution < 1.29 is 10.2 Å². The van der Waals surface area contributed by atoms with Gasteiger partial charge in [0.1, 0.15) is 11.5 Å². The van der Waals surface area contributed by atoms with E-state index in [0.717, 1.165) is 65.9 Å². The molecule has 0 saturated heterocycles. The quantitative estimate of drug-likeness (QED) is 0.218. The summed E-state index contributed by atoms with van der Waals surface area (Å²) in [5.74, 6) is 0.0800. The van der Waals surface area contributed by atoms with E-state index in [1.165, 1.54) is 11.1 Å². The maximum Gasteiger partial charge on any atom is 0.120 e. The van der Waals surface area contributed by atoms with Crippen LogP contribution in [0, 0.1) is 0 Å². The molecule has 0 aliphatic heterocycles. The number of rotatable bonds is 2. The molecule has 0 fully saturated rings. The SMILES string of the molecule is Cn1c2c(c3ccccc31)C(c1c(O)ccc3ccccc13)c1c(c3ccccc3n1C)C2c1c(O)ccc2ccccc12. The second-order valence-corrected chi connectivity index (χ2v) is 12.1. The standard InChI is InChI=1S/C40H30N2O2/c1-41-29-17-9-7-15-27(29)35-38(34-26-14-6-4-12-24(26)20-22-32(34)44)40-36(28-16-8-10-18-30(28)42(40)2)37(39(35)41)33-25-13-5-3-11-23(25)19-21-31(33)43/h3-22,37-38,43-44H,1-2H3. The molecule has 2 aromatic heterocycles. The Morgan fingerprint density at radius 1 is 0.409 bits per heavy atom. The minimum Gasteiger partial charge on any atom is -0.508 e. The molecule has 2 N–H and O–H groups in total. The summed E-state index contributed by atoms with van der Waals surface area (Å²) < 4.78 is 4.63. The van der Waals surface area contributed by atoms with Crippen LogP contribution in [0.5, 0.6) is 11.5 Å². The summed E-state index contributed by atoms with van der Waals surface area (Å²) in [7, 11) is 4.29. The zero-order valence-corrected chi connectivity index (χ0v) is 24.5. The Kier molecular flexibility index (Phi) is 5.13. The Morgan fingerprint density at radius 3 is 1.20 bits per heavy atom. The highest BCUT2D eigenvalue weighted by Crippen LogP contribution is 2.58. The number of nitrogens with zero attached hydrogens (tertiary/aromatic N) is 2. The average molecular weight is 571 g/mol. The first-order valence-electron chi connectivity index (χ1n) is 15.1. The van der Waals surface area contributed by atoms with Crippen molar-refractivity contribution in [2.45, 2.75) is 11.8 Å². The molecule has 1 aliphatic rings. The summed E-state index contributed by atoms with van der Waals surface area (Å²) in [5.41, 5.74) is 8.70. The molecular formula is C40H30N2O2. The molecule has 4 heteroatoms. The van der Waals surface area contributed by atoms with Gasteiger partial charge in [0.25, 0.3) is 0 Å². The summed E-state index contributed by atoms with van der Waals surface area (Å²) >= 11 is 0. The van der Waals surface area contributed by atoms with Crippen molar-refractivity contribution in [3.8, 4) is 11.5 Å². The lowest BCUT2D eigenvalue weighted by Crippen LogP contribution is -2.23. The fourth-order valence-electron chi connectivity index (χ4n) is 8.20. The van der Waals surface area contributed by atoms with Crippen LogP contribution in [-0.4, -0.2) is 19.3 Å². The molecule has 2 atom stereocenters. The van der Waals surface area contributed by atoms with Crippen LogP contribution in [0.1, 0.15) is 45.5 Å². The van der Waals surface area contributed by atoms with Gasteiger partial charge in [-0.1, -0.05) is 97.1 Å². The topological polar surface area (TPSA) is 50.3 Å². The van der Waals surface area contributed by atoms with E-state index < -0.39 is 0 Å². The molecule has 2 heterocycles. The van der Waals surface area contributed by atoms with E-state index in [2.05, 4.69) is 120 Å². The van der Waals surface area contributed by atoms with Crippen molar-refractivity contribution in [1.82, 2.24) is 9.13 Å². The van der Waals surface area contributed by atoms with Gasteiger partial charge < -0.3 is 19.3 Å². The zero-order chi connectivity index (χ0) is 29.7. The molecule has 0 amide bonds. The molecular weight excluding hydrogens is 540 g/mol. The summed E-state index contributed by atoms with van der Waals surface area (Å²) in [5, 5.41) is 30.1. The van der Waals surface area contributed by atoms with Crippen molar-refractivity contribution in [3.05, 3.63) is 155 Å². The van der Waals surface area contributed by atoms with Gasteiger partial charge in [0, 0.05) is 58.4 Å². The van der Waals surface area contributed by atoms with Crippen LogP contribution < -0.4 is 0 Å². The van der Waals surface area contributed by atoms with Crippen molar-refractivity contribution in [2.24, 2.45) is 14.1 Å². The highest BCUT2D eigenvalue weighted by Gasteiger charge is 2.44. The molecule has 6 aromatic carbocycles. The van der Waals surface area contributed by atoms with Crippen molar-refractivity contribution in [2.75, 3.05) is 0 Å². The first kappa shape index (κ1) is 25.1. The van der Waals surface area contributed by atoms with Gasteiger partial charge in [0.15, 0.2) is 0 Å². The number of benzene rings is 6. The number of hydrogen-bond acceptors (Lipinski definition) is 2. The summed E-state index contributed by atoms with van der Waals surface area (Å²) in [6, 6.07) is 41.5. The van der Waals surface area contributed by atoms with E-state index in [1.807, 2.05) is 24.3 Å². The number of fused-ring (bicyclic) bond motifs is 8. The predicted octanol–water partition coefficient (Wildman–Crippen LogP) is 9.06. The third kappa shape index (κ3) is 3.17. The Balaban J connectivity index is 1.54. The molecule has 44 heavy (non-hydrogen) atoms. The minimum atomic E-state index is -0.247. The normalized spacial score (nSPS) is 16.1. The van der Waals surface area contributed by atoms with Crippen molar-refractivity contribution in [1.29, 1.82) is 0 Å². The minimum absolute atomic E-state index is 0.247. The highest BCUT2D eigenvalue weighted by molar-refractivity contribution is 5.99. The fourth-order valence-corrected chi connectivity index (χ4v) is 8.20. The number of aryl methyl sites for hydroxylation is 2. The number of aromatic nitrogens is 2. The smallest absolute Gasteiger partial charge is 0.120 e. The third-order valence-electron chi connectivity index (χ3n) is 9.98. The lowest BCUT2D eigenvalue weighted by atomic mass is 9.70. The van der Waals surface area contributed by atoms with Gasteiger partial charge in [-0.2, -0.15) is 0 Å². The van der Waals surface area contributed by atoms with Gasteiger partial charge in [-0.25, -0.2) is 0 Å². The number of phenolic OH excluding ortho intramolecular Hbond substituents is 2. The molecule has 0 bridgehead atoms. The lowest BCUT2D eigenvalue weighted by Gasteiger charge is -2.34. The zero-order valence-electron chi connectivity index (χ0n) is 24.5. The number of aromatic hydroxyl groups is 2. The van der Waals surface area contributed by atoms with E-state index in [-0.39, 0.29) is 23.3 Å². The van der Waals surface area contributed by atoms with E-state index >= 15 is 0 Å². The van der Waals surface area contributed by atoms with Gasteiger partial charge in [0.2, 0.25) is 0 Å². The van der Waals surface area contributed by atoms with Gasteiger partial charge in [-0.3, -0.25) is 0 Å². The second-order valence-electron chi connectivity index (χ2n) is 12.1. The van der Waals surface area contributed by atoms with Crippen LogP contribution in [0.2, 0.25) is 0 Å². The summed E-state index contributed by atoms with van der Waals surface area (Å²) in [6.45, 7) is 0. The van der Waals surface area contributed by atoms with Crippen molar-refractivity contribution in [3.63, 3.8) is 0 Å². The van der Waals surface area contributed by atoms with Gasteiger partial charge >= 0.3 is 0 Å². The molecule has 0 spiro atoms. The Morgan fingerprint density at radius 2 is 0.773 bits per heavy atom. The predicted molar refractivity (Wildman–Crippen MR) is 179 cm³/mol. The van der Waals surface area contributed by atoms with Gasteiger partial charge in [-0.05, 0) is 56.9 Å². The van der Waals surface area contributed by atoms with E-state index in [1.54, 1.807) is 0 Å². The van der Waals surface area contributed by atoms with Crippen molar-refractivity contribution >= 4 is 43.4 Å². The fraction of sp³-hybridized carbons (Fsp3) is 0.100. The van der Waals surface area contributed by atoms with Crippen LogP contribution in [0.4, 0.5) is 0 Å². The summed E-state index contributed by atoms with van der Waals surface area (Å²) in [4.78, 5) is 0. The molecule has 4 nitrogen and oxygen atoms in total. The summed E-state index contributed by atoms with van der Waals surface area (Å²) in [6.07, 6.45) is 0. The molecule has 2 unspecified atom stereocenters. The first-order valence-corrected chi connectivity index (χ1v) is 15.1. The second kappa shape index (κ2) is 9.01. The third-order valence-corrected chi connectivity index (χ3v) is 9.98. The maximum atomic E-state index is 11.8. The number of hydrogen-bond donors (Lipinski definition) is 2. The van der Waals surface area contributed by atoms with Crippen LogP contribution >= 0.6 is 0 Å². The Labute approximate surface area is 254 Å². The van der Waals surface area contributed by atoms with E-state index in [0.29, 0.717) is 0 Å². The number of para-hydroxylation sites is 2. The molecule has 8 aromatic rings. The Bertz CT molecular complexity index is 2290. The van der Waals surface area contributed by atoms with Crippen LogP contribution in [0.25, 0.3) is 43.4 Å². The molecule has 0 radical (unpaired) electrons. The molecule has 1 aliphatic carbocycles. The lowest BCUT2D eigenvalue weighted by molar-refractivity contribution is 0.464. The van der Waals surface area contributed by atoms with Gasteiger partial charge in [0.05, 0.1) is 11.8 Å². The van der Waals surface area contributed by atoms with E-state index in [4.69, 9.17) is 0 Å². The first-order chi connectivity index (χ1) is 21.5. The van der Waals surface area contributed by atoms with Crippen LogP contribution in [-0.2, 0) is 14.1 Å². The maximum absolute atomic E-state index is 11.8. The molecule has 212 valence electrons. The number of phenols is 2. The van der Waals surface area contributed by atoms with E-state index in [9.17, 15) is 10.2 Å². The highest BCUT2D eigenvalue weighted by atomic mass is 16.3. The van der Waals surface area contributed by atoms with Gasteiger partial charge in [-0.15, -0.1) is 0 Å². The molecule has 0 saturated carbocycles. The largest absolute Gasteiger partial charge is 0.508 e. The van der Waals surface area contributed by atoms with Crippen LogP contribution in [0.15, 0.2) is 121 Å². The molecule has 9 rings (SSSR count). The Hall–Kier alpha value is -5.48. The monoisotopic (exact) mass is 570 g/mol. The van der Waals surface area contributed by atoms with Crippen LogP contribution in [0.3, 0.4) is 0 Å². The average Bonchev–Trinajstić information content (AvgIpc) is 3.52.